The Hall–Kier alpha value is -0.830. The van der Waals surface area contributed by atoms with Gasteiger partial charge in [0.25, 0.3) is 0 Å². The fourth-order valence-corrected chi connectivity index (χ4v) is 2.19. The van der Waals surface area contributed by atoms with E-state index in [2.05, 4.69) is 79.8 Å². The molecule has 0 amide bonds. The molecule has 2 aromatic rings. The van der Waals surface area contributed by atoms with E-state index in [1.54, 1.807) is 0 Å². The Morgan fingerprint density at radius 2 is 1.56 bits per heavy atom. The molecule has 0 aliphatic heterocycles. The van der Waals surface area contributed by atoms with Gasteiger partial charge >= 0.3 is 0 Å². The SMILES string of the molecule is Cc1ccc(C)c(-c2ccc(I)c(C)c2)c1. The maximum absolute atomic E-state index is 2.38. The van der Waals surface area contributed by atoms with Crippen LogP contribution in [0, 0.1) is 24.3 Å². The summed E-state index contributed by atoms with van der Waals surface area (Å²) in [4.78, 5) is 0. The zero-order valence-electron chi connectivity index (χ0n) is 9.84. The van der Waals surface area contributed by atoms with Gasteiger partial charge in [-0.3, -0.25) is 0 Å². The average molecular weight is 322 g/mol. The van der Waals surface area contributed by atoms with Gasteiger partial charge in [0.15, 0.2) is 0 Å². The smallest absolute Gasteiger partial charge is 0.0159 e. The van der Waals surface area contributed by atoms with Crippen molar-refractivity contribution >= 4 is 22.6 Å². The molecule has 0 bridgehead atoms. The molecular formula is C15H15I. The van der Waals surface area contributed by atoms with Crippen molar-refractivity contribution in [2.45, 2.75) is 20.8 Å². The van der Waals surface area contributed by atoms with Gasteiger partial charge in [-0.1, -0.05) is 35.9 Å². The molecule has 0 unspecified atom stereocenters. The normalized spacial score (nSPS) is 10.5. The molecule has 0 atom stereocenters. The molecule has 0 nitrogen and oxygen atoms in total. The van der Waals surface area contributed by atoms with Gasteiger partial charge in [-0.05, 0) is 71.7 Å². The van der Waals surface area contributed by atoms with Crippen LogP contribution in [0.15, 0.2) is 36.4 Å². The van der Waals surface area contributed by atoms with E-state index < -0.39 is 0 Å². The lowest BCUT2D eigenvalue weighted by molar-refractivity contribution is 1.37. The van der Waals surface area contributed by atoms with E-state index in [9.17, 15) is 0 Å². The third-order valence-electron chi connectivity index (χ3n) is 2.86. The molecule has 0 saturated heterocycles. The number of hydrogen-bond acceptors (Lipinski definition) is 0. The quantitative estimate of drug-likeness (QED) is 0.656. The van der Waals surface area contributed by atoms with Crippen LogP contribution in [0.25, 0.3) is 11.1 Å². The van der Waals surface area contributed by atoms with Gasteiger partial charge < -0.3 is 0 Å². The van der Waals surface area contributed by atoms with Gasteiger partial charge in [0.1, 0.15) is 0 Å². The molecule has 1 heteroatoms. The van der Waals surface area contributed by atoms with Gasteiger partial charge in [-0.2, -0.15) is 0 Å². The standard InChI is InChI=1S/C15H15I/c1-10-4-5-11(2)14(8-10)13-6-7-15(16)12(3)9-13/h4-9H,1-3H3. The first-order chi connectivity index (χ1) is 7.58. The van der Waals surface area contributed by atoms with Crippen molar-refractivity contribution in [3.8, 4) is 11.1 Å². The first kappa shape index (κ1) is 11.6. The molecule has 0 fully saturated rings. The zero-order chi connectivity index (χ0) is 11.7. The minimum atomic E-state index is 1.32. The van der Waals surface area contributed by atoms with Crippen LogP contribution in [0.4, 0.5) is 0 Å². The van der Waals surface area contributed by atoms with Gasteiger partial charge in [0, 0.05) is 3.57 Å². The van der Waals surface area contributed by atoms with Crippen molar-refractivity contribution < 1.29 is 0 Å². The summed E-state index contributed by atoms with van der Waals surface area (Å²) in [7, 11) is 0. The summed E-state index contributed by atoms with van der Waals surface area (Å²) in [6.07, 6.45) is 0. The van der Waals surface area contributed by atoms with Crippen LogP contribution in [0.1, 0.15) is 16.7 Å². The van der Waals surface area contributed by atoms with Crippen molar-refractivity contribution in [2.75, 3.05) is 0 Å². The maximum Gasteiger partial charge on any atom is 0.0159 e. The highest BCUT2D eigenvalue weighted by Gasteiger charge is 2.03. The maximum atomic E-state index is 2.38. The van der Waals surface area contributed by atoms with Gasteiger partial charge in [0.2, 0.25) is 0 Å². The van der Waals surface area contributed by atoms with Crippen molar-refractivity contribution in [1.82, 2.24) is 0 Å². The van der Waals surface area contributed by atoms with E-state index in [-0.39, 0.29) is 0 Å². The zero-order valence-corrected chi connectivity index (χ0v) is 12.0. The molecule has 0 aromatic heterocycles. The Kier molecular flexibility index (Phi) is 3.33. The molecule has 2 rings (SSSR count). The molecule has 0 aliphatic carbocycles. The van der Waals surface area contributed by atoms with E-state index in [0.29, 0.717) is 0 Å². The third kappa shape index (κ3) is 2.29. The molecule has 0 saturated carbocycles. The second-order valence-corrected chi connectivity index (χ2v) is 5.44. The molecule has 2 aromatic carbocycles. The number of aryl methyl sites for hydroxylation is 3. The Morgan fingerprint density at radius 3 is 2.25 bits per heavy atom. The van der Waals surface area contributed by atoms with E-state index >= 15 is 0 Å². The minimum absolute atomic E-state index is 1.32. The van der Waals surface area contributed by atoms with Gasteiger partial charge in [-0.15, -0.1) is 0 Å². The van der Waals surface area contributed by atoms with Crippen molar-refractivity contribution in [1.29, 1.82) is 0 Å². The van der Waals surface area contributed by atoms with Crippen LogP contribution in [-0.2, 0) is 0 Å². The van der Waals surface area contributed by atoms with E-state index in [0.717, 1.165) is 0 Å². The number of halogens is 1. The molecular weight excluding hydrogens is 307 g/mol. The van der Waals surface area contributed by atoms with Gasteiger partial charge in [-0.25, -0.2) is 0 Å². The summed E-state index contributed by atoms with van der Waals surface area (Å²) in [5.41, 5.74) is 6.67. The van der Waals surface area contributed by atoms with Crippen LogP contribution in [0.2, 0.25) is 0 Å². The molecule has 16 heavy (non-hydrogen) atoms. The summed E-state index contributed by atoms with van der Waals surface area (Å²) in [6.45, 7) is 6.47. The van der Waals surface area contributed by atoms with Crippen LogP contribution in [-0.4, -0.2) is 0 Å². The third-order valence-corrected chi connectivity index (χ3v) is 4.07. The highest BCUT2D eigenvalue weighted by molar-refractivity contribution is 14.1. The Morgan fingerprint density at radius 1 is 0.812 bits per heavy atom. The largest absolute Gasteiger partial charge is 0.0590 e. The second kappa shape index (κ2) is 4.58. The lowest BCUT2D eigenvalue weighted by Gasteiger charge is -2.09. The highest BCUT2D eigenvalue weighted by Crippen LogP contribution is 2.26. The fourth-order valence-electron chi connectivity index (χ4n) is 1.86. The van der Waals surface area contributed by atoms with Crippen molar-refractivity contribution in [3.05, 3.63) is 56.7 Å². The van der Waals surface area contributed by atoms with Crippen molar-refractivity contribution in [3.63, 3.8) is 0 Å². The predicted octanol–water partition coefficient (Wildman–Crippen LogP) is 4.88. The first-order valence-corrected chi connectivity index (χ1v) is 6.49. The predicted molar refractivity (Wildman–Crippen MR) is 78.8 cm³/mol. The summed E-state index contributed by atoms with van der Waals surface area (Å²) in [5.74, 6) is 0. The van der Waals surface area contributed by atoms with Crippen LogP contribution in [0.3, 0.4) is 0 Å². The summed E-state index contributed by atoms with van der Waals surface area (Å²) in [6, 6.07) is 13.3. The molecule has 82 valence electrons. The number of rotatable bonds is 1. The van der Waals surface area contributed by atoms with Crippen LogP contribution >= 0.6 is 22.6 Å². The molecule has 0 spiro atoms. The molecule has 0 heterocycles. The second-order valence-electron chi connectivity index (χ2n) is 4.28. The summed E-state index contributed by atoms with van der Waals surface area (Å²) in [5, 5.41) is 0. The topological polar surface area (TPSA) is 0 Å². The van der Waals surface area contributed by atoms with E-state index in [4.69, 9.17) is 0 Å². The van der Waals surface area contributed by atoms with Crippen molar-refractivity contribution in [2.24, 2.45) is 0 Å². The number of benzene rings is 2. The number of hydrogen-bond donors (Lipinski definition) is 0. The Balaban J connectivity index is 2.58. The summed E-state index contributed by atoms with van der Waals surface area (Å²) < 4.78 is 1.33. The Bertz CT molecular complexity index is 527. The van der Waals surface area contributed by atoms with E-state index in [1.165, 1.54) is 31.4 Å². The minimum Gasteiger partial charge on any atom is -0.0590 e. The molecule has 0 N–H and O–H groups in total. The van der Waals surface area contributed by atoms with Gasteiger partial charge in [0.05, 0.1) is 0 Å². The molecule has 0 aliphatic rings. The summed E-state index contributed by atoms with van der Waals surface area (Å²) >= 11 is 2.38. The Labute approximate surface area is 111 Å². The van der Waals surface area contributed by atoms with Crippen LogP contribution < -0.4 is 0 Å². The highest BCUT2D eigenvalue weighted by atomic mass is 127. The fraction of sp³-hybridized carbons (Fsp3) is 0.200. The lowest BCUT2D eigenvalue weighted by Crippen LogP contribution is -1.87. The first-order valence-electron chi connectivity index (χ1n) is 5.42. The van der Waals surface area contributed by atoms with E-state index in [1.807, 2.05) is 0 Å². The monoisotopic (exact) mass is 322 g/mol. The molecule has 0 radical (unpaired) electrons. The lowest BCUT2D eigenvalue weighted by atomic mass is 9.97. The average Bonchev–Trinajstić information content (AvgIpc) is 2.26. The van der Waals surface area contributed by atoms with Crippen LogP contribution in [0.5, 0.6) is 0 Å².